The van der Waals surface area contributed by atoms with Crippen molar-refractivity contribution in [3.8, 4) is 0 Å². The number of imidazole rings is 1. The van der Waals surface area contributed by atoms with Crippen molar-refractivity contribution in [2.24, 2.45) is 11.3 Å². The number of rotatable bonds is 4. The molecule has 32 heavy (non-hydrogen) atoms. The maximum Gasteiger partial charge on any atom is 0.223 e. The molecule has 0 bridgehead atoms. The molecule has 0 radical (unpaired) electrons. The zero-order valence-corrected chi connectivity index (χ0v) is 18.1. The first-order chi connectivity index (χ1) is 15.6. The summed E-state index contributed by atoms with van der Waals surface area (Å²) in [5, 5.41) is 0.267. The molecule has 1 saturated carbocycles. The third-order valence-electron chi connectivity index (χ3n) is 6.64. The summed E-state index contributed by atoms with van der Waals surface area (Å²) >= 11 is 6.21. The molecule has 2 aliphatic rings. The number of nitrogens with zero attached hydrogens (tertiary/aromatic N) is 4. The molecular weight excluding hydrogens is 426 g/mol. The maximum atomic E-state index is 6.69. The minimum atomic E-state index is -0.935. The van der Waals surface area contributed by atoms with Crippen LogP contribution in [0.2, 0.25) is 5.15 Å². The summed E-state index contributed by atoms with van der Waals surface area (Å²) in [5.41, 5.74) is 8.94. The molecule has 8 heteroatoms. The number of nitrogen functional groups attached to an aromatic ring is 1. The minimum absolute atomic E-state index is 0.0644. The highest BCUT2D eigenvalue weighted by molar-refractivity contribution is 6.33. The van der Waals surface area contributed by atoms with E-state index in [1.54, 1.807) is 6.33 Å². The number of aromatic nitrogens is 4. The Hall–Kier alpha value is -3.00. The van der Waals surface area contributed by atoms with Crippen LogP contribution in [0.4, 0.5) is 5.95 Å². The van der Waals surface area contributed by atoms with Gasteiger partial charge in [-0.2, -0.15) is 9.97 Å². The Balaban J connectivity index is 1.35. The molecule has 2 fully saturated rings. The van der Waals surface area contributed by atoms with E-state index in [1.165, 1.54) is 0 Å². The average molecular weight is 448 g/mol. The minimum Gasteiger partial charge on any atom is -0.368 e. The van der Waals surface area contributed by atoms with Crippen LogP contribution in [0, 0.1) is 11.3 Å². The van der Waals surface area contributed by atoms with Gasteiger partial charge in [0.05, 0.1) is 19.5 Å². The Morgan fingerprint density at radius 1 is 1.00 bits per heavy atom. The van der Waals surface area contributed by atoms with E-state index in [9.17, 15) is 0 Å². The van der Waals surface area contributed by atoms with Gasteiger partial charge in [0.25, 0.3) is 0 Å². The zero-order chi connectivity index (χ0) is 21.8. The van der Waals surface area contributed by atoms with Crippen molar-refractivity contribution < 1.29 is 9.47 Å². The van der Waals surface area contributed by atoms with Crippen LogP contribution in [0.1, 0.15) is 17.5 Å². The Morgan fingerprint density at radius 2 is 1.69 bits per heavy atom. The van der Waals surface area contributed by atoms with Gasteiger partial charge in [-0.05, 0) is 12.3 Å². The highest BCUT2D eigenvalue weighted by Crippen LogP contribution is 2.58. The quantitative estimate of drug-likeness (QED) is 0.475. The number of hydrogen-bond acceptors (Lipinski definition) is 6. The Labute approximate surface area is 190 Å². The summed E-state index contributed by atoms with van der Waals surface area (Å²) in [6, 6.07) is 20.3. The van der Waals surface area contributed by atoms with Crippen LogP contribution >= 0.6 is 11.6 Å². The zero-order valence-electron chi connectivity index (χ0n) is 17.3. The van der Waals surface area contributed by atoms with E-state index < -0.39 is 5.79 Å². The molecule has 6 rings (SSSR count). The second-order valence-corrected chi connectivity index (χ2v) is 8.99. The fourth-order valence-corrected chi connectivity index (χ4v) is 5.00. The van der Waals surface area contributed by atoms with E-state index in [-0.39, 0.29) is 16.5 Å². The summed E-state index contributed by atoms with van der Waals surface area (Å²) in [4.78, 5) is 12.8. The third kappa shape index (κ3) is 3.08. The largest absolute Gasteiger partial charge is 0.368 e. The molecule has 2 aromatic heterocycles. The topological polar surface area (TPSA) is 88.1 Å². The van der Waals surface area contributed by atoms with Crippen molar-refractivity contribution in [3.05, 3.63) is 83.3 Å². The highest BCUT2D eigenvalue weighted by Gasteiger charge is 2.59. The van der Waals surface area contributed by atoms with Crippen LogP contribution in [0.25, 0.3) is 11.2 Å². The van der Waals surface area contributed by atoms with Crippen molar-refractivity contribution >= 4 is 28.7 Å². The van der Waals surface area contributed by atoms with Gasteiger partial charge in [0.15, 0.2) is 10.8 Å². The van der Waals surface area contributed by atoms with Gasteiger partial charge in [-0.3, -0.25) is 0 Å². The van der Waals surface area contributed by atoms with Crippen molar-refractivity contribution in [1.82, 2.24) is 19.5 Å². The van der Waals surface area contributed by atoms with Crippen molar-refractivity contribution in [2.45, 2.75) is 18.8 Å². The molecule has 2 aromatic carbocycles. The number of anilines is 1. The number of halogens is 1. The van der Waals surface area contributed by atoms with E-state index in [2.05, 4.69) is 39.2 Å². The molecule has 1 aliphatic carbocycles. The van der Waals surface area contributed by atoms with E-state index in [0.29, 0.717) is 36.8 Å². The second kappa shape index (κ2) is 7.27. The molecule has 1 aliphatic heterocycles. The van der Waals surface area contributed by atoms with Crippen LogP contribution < -0.4 is 5.73 Å². The molecule has 7 nitrogen and oxygen atoms in total. The van der Waals surface area contributed by atoms with E-state index in [0.717, 1.165) is 17.5 Å². The van der Waals surface area contributed by atoms with Gasteiger partial charge in [0.2, 0.25) is 11.7 Å². The summed E-state index contributed by atoms with van der Waals surface area (Å²) in [5.74, 6) is -0.416. The molecule has 2 N–H and O–H groups in total. The van der Waals surface area contributed by atoms with Crippen LogP contribution in [-0.2, 0) is 21.8 Å². The van der Waals surface area contributed by atoms with E-state index >= 15 is 0 Å². The highest BCUT2D eigenvalue weighted by atomic mass is 35.5. The SMILES string of the molecule is Nc1nc(Cl)c2ncn(CC34COC(c5ccccc5)(c5ccccc5)OCC3C4)c2n1. The van der Waals surface area contributed by atoms with Crippen molar-refractivity contribution in [1.29, 1.82) is 0 Å². The molecule has 162 valence electrons. The first-order valence-corrected chi connectivity index (χ1v) is 11.0. The molecule has 1 saturated heterocycles. The summed E-state index contributed by atoms with van der Waals surface area (Å²) in [6.45, 7) is 1.85. The summed E-state index contributed by atoms with van der Waals surface area (Å²) in [6.07, 6.45) is 2.77. The normalized spacial score (nSPS) is 24.1. The first kappa shape index (κ1) is 19.7. The van der Waals surface area contributed by atoms with Gasteiger partial charge in [-0.1, -0.05) is 72.3 Å². The lowest BCUT2D eigenvalue weighted by atomic mass is 9.97. The Bertz CT molecular complexity index is 1240. The second-order valence-electron chi connectivity index (χ2n) is 8.63. The predicted octanol–water partition coefficient (Wildman–Crippen LogP) is 4.02. The van der Waals surface area contributed by atoms with Gasteiger partial charge < -0.3 is 19.8 Å². The molecule has 4 aromatic rings. The van der Waals surface area contributed by atoms with Crippen molar-refractivity contribution in [3.63, 3.8) is 0 Å². The maximum absolute atomic E-state index is 6.69. The number of fused-ring (bicyclic) bond motifs is 2. The molecule has 2 atom stereocenters. The smallest absolute Gasteiger partial charge is 0.223 e. The molecule has 0 spiro atoms. The van der Waals surface area contributed by atoms with Crippen LogP contribution in [0.5, 0.6) is 0 Å². The Kier molecular flexibility index (Phi) is 4.47. The standard InChI is InChI=1S/C24H22ClN5O2/c25-20-19-21(29-22(26)28-20)30(15-27-19)13-23-11-18(23)12-31-24(32-14-23,16-7-3-1-4-8-16)17-9-5-2-6-10-17/h1-10,15,18H,11-14H2,(H2,26,28,29). The van der Waals surface area contributed by atoms with Crippen LogP contribution in [0.3, 0.4) is 0 Å². The number of nitrogens with two attached hydrogens (primary N) is 1. The van der Waals surface area contributed by atoms with E-state index in [1.807, 2.05) is 41.0 Å². The number of ether oxygens (including phenoxy) is 2. The molecular formula is C24H22ClN5O2. The van der Waals surface area contributed by atoms with Crippen molar-refractivity contribution in [2.75, 3.05) is 18.9 Å². The molecule has 3 heterocycles. The molecule has 0 amide bonds. The van der Waals surface area contributed by atoms with Gasteiger partial charge >= 0.3 is 0 Å². The number of hydrogen-bond donors (Lipinski definition) is 1. The predicted molar refractivity (Wildman–Crippen MR) is 121 cm³/mol. The van der Waals surface area contributed by atoms with Gasteiger partial charge in [0, 0.05) is 23.1 Å². The lowest BCUT2D eigenvalue weighted by molar-refractivity contribution is -0.214. The van der Waals surface area contributed by atoms with Gasteiger partial charge in [-0.15, -0.1) is 0 Å². The Morgan fingerprint density at radius 3 is 2.38 bits per heavy atom. The van der Waals surface area contributed by atoms with Gasteiger partial charge in [-0.25, -0.2) is 4.98 Å². The van der Waals surface area contributed by atoms with Crippen LogP contribution in [0.15, 0.2) is 67.0 Å². The van der Waals surface area contributed by atoms with Crippen LogP contribution in [-0.4, -0.2) is 32.7 Å². The van der Waals surface area contributed by atoms with E-state index in [4.69, 9.17) is 26.8 Å². The summed E-state index contributed by atoms with van der Waals surface area (Å²) in [7, 11) is 0. The monoisotopic (exact) mass is 447 g/mol. The van der Waals surface area contributed by atoms with Gasteiger partial charge in [0.1, 0.15) is 5.52 Å². The third-order valence-corrected chi connectivity index (χ3v) is 6.90. The lowest BCUT2D eigenvalue weighted by Crippen LogP contribution is -2.35. The molecule has 2 unspecified atom stereocenters. The summed E-state index contributed by atoms with van der Waals surface area (Å²) < 4.78 is 15.3. The lowest BCUT2D eigenvalue weighted by Gasteiger charge is -2.34. The average Bonchev–Trinajstić information content (AvgIpc) is 3.39. The first-order valence-electron chi connectivity index (χ1n) is 10.6. The fraction of sp³-hybridized carbons (Fsp3) is 0.292. The number of benzene rings is 2. The fourth-order valence-electron chi connectivity index (χ4n) is 4.78.